The number of rotatable bonds is 2. The van der Waals surface area contributed by atoms with Crippen molar-refractivity contribution in [2.24, 2.45) is 0 Å². The van der Waals surface area contributed by atoms with Gasteiger partial charge >= 0.3 is 0 Å². The molecule has 3 aromatic carbocycles. The van der Waals surface area contributed by atoms with Crippen molar-refractivity contribution in [3.8, 4) is 0 Å². The number of nitrogens with one attached hydrogen (secondary N) is 2. The van der Waals surface area contributed by atoms with Gasteiger partial charge in [0.1, 0.15) is 17.9 Å². The van der Waals surface area contributed by atoms with Crippen molar-refractivity contribution in [1.29, 1.82) is 0 Å². The zero-order chi connectivity index (χ0) is 24.0. The van der Waals surface area contributed by atoms with Crippen molar-refractivity contribution < 1.29 is 28.5 Å². The maximum Gasteiger partial charge on any atom is 0.252 e. The molecule has 2 aliphatic rings. The van der Waals surface area contributed by atoms with Crippen LogP contribution in [0.3, 0.4) is 0 Å². The van der Waals surface area contributed by atoms with Crippen LogP contribution in [-0.2, 0) is 11.3 Å². The molecule has 0 saturated carbocycles. The molecule has 2 aliphatic heterocycles. The number of hydrogen-bond donors (Lipinski definition) is 4. The van der Waals surface area contributed by atoms with E-state index in [0.29, 0.717) is 61.2 Å². The van der Waals surface area contributed by atoms with E-state index >= 15 is 0 Å². The fourth-order valence-electron chi connectivity index (χ4n) is 5.95. The number of hydrogen-bond acceptors (Lipinski definition) is 4. The molecule has 0 spiro atoms. The van der Waals surface area contributed by atoms with Gasteiger partial charge in [-0.15, -0.1) is 0 Å². The molecule has 2 unspecified atom stereocenters. The first kappa shape index (κ1) is 20.8. The van der Waals surface area contributed by atoms with Gasteiger partial charge in [-0.3, -0.25) is 4.79 Å². The number of aliphatic hydroxyl groups is 2. The maximum atomic E-state index is 14.5. The highest BCUT2D eigenvalue weighted by molar-refractivity contribution is 6.30. The topological polar surface area (TPSA) is 99.5 Å². The molecular weight excluding hydrogens is 456 g/mol. The number of nitrogens with zero attached hydrogens (tertiary/aromatic N) is 1. The van der Waals surface area contributed by atoms with Crippen molar-refractivity contribution >= 4 is 49.5 Å². The number of fused-ring (bicyclic) bond motifs is 10. The van der Waals surface area contributed by atoms with Gasteiger partial charge < -0.3 is 29.8 Å². The minimum Gasteiger partial charge on any atom is -0.394 e. The summed E-state index contributed by atoms with van der Waals surface area (Å²) in [5.74, 6) is -1.10. The van der Waals surface area contributed by atoms with Crippen molar-refractivity contribution in [1.82, 2.24) is 14.9 Å². The second kappa shape index (κ2) is 7.24. The maximum absolute atomic E-state index is 14.5. The molecule has 1 saturated heterocycles. The third kappa shape index (κ3) is 2.83. The number of benzene rings is 3. The smallest absolute Gasteiger partial charge is 0.252 e. The summed E-state index contributed by atoms with van der Waals surface area (Å²) in [6.07, 6.45) is -1.30. The number of halogens is 2. The van der Waals surface area contributed by atoms with Crippen LogP contribution in [0.2, 0.25) is 0 Å². The summed E-state index contributed by atoms with van der Waals surface area (Å²) in [6.45, 7) is 0.0137. The zero-order valence-corrected chi connectivity index (χ0v) is 18.4. The molecule has 4 heterocycles. The number of aromatic nitrogens is 2. The molecule has 9 heteroatoms. The molecule has 0 aliphatic carbocycles. The normalized spacial score (nSPS) is 22.5. The molecule has 2 aromatic heterocycles. The standard InChI is InChI=1S/C26H21F2N3O4/c27-11-1-3-18-15(5-11)22-23-17(9-29-26(23)34)21-16-6-12(28)2-4-19(16)31(25(21)24(22)30-18)20-8-13(33)7-14(10-32)35-20/h1-6,13-14,20,30,32-33H,7-10H2,(H,29,34)/t13?,14-,20?/m0/s1. The number of amides is 1. The predicted octanol–water partition coefficient (Wildman–Crippen LogP) is 3.98. The van der Waals surface area contributed by atoms with Crippen LogP contribution in [0.4, 0.5) is 8.78 Å². The fraction of sp³-hybridized carbons (Fsp3) is 0.269. The van der Waals surface area contributed by atoms with Crippen LogP contribution >= 0.6 is 0 Å². The molecule has 3 atom stereocenters. The average Bonchev–Trinajstić information content (AvgIpc) is 3.49. The molecule has 178 valence electrons. The Hall–Kier alpha value is -3.53. The number of aliphatic hydroxyl groups excluding tert-OH is 2. The first-order chi connectivity index (χ1) is 16.9. The number of carbonyl (C=O) groups is 1. The monoisotopic (exact) mass is 477 g/mol. The Labute approximate surface area is 196 Å². The van der Waals surface area contributed by atoms with E-state index in [9.17, 15) is 23.8 Å². The van der Waals surface area contributed by atoms with E-state index in [1.807, 2.05) is 4.57 Å². The fourth-order valence-corrected chi connectivity index (χ4v) is 5.95. The van der Waals surface area contributed by atoms with Gasteiger partial charge in [0, 0.05) is 46.4 Å². The quantitative estimate of drug-likeness (QED) is 0.309. The zero-order valence-electron chi connectivity index (χ0n) is 18.4. The number of aromatic amines is 1. The largest absolute Gasteiger partial charge is 0.394 e. The van der Waals surface area contributed by atoms with E-state index in [4.69, 9.17) is 4.74 Å². The van der Waals surface area contributed by atoms with Crippen molar-refractivity contribution in [3.63, 3.8) is 0 Å². The van der Waals surface area contributed by atoms with Gasteiger partial charge in [0.2, 0.25) is 0 Å². The van der Waals surface area contributed by atoms with Crippen LogP contribution in [0, 0.1) is 11.6 Å². The molecule has 0 bridgehead atoms. The Balaban J connectivity index is 1.70. The van der Waals surface area contributed by atoms with Crippen LogP contribution < -0.4 is 5.32 Å². The second-order valence-corrected chi connectivity index (χ2v) is 9.38. The SMILES string of the molecule is O=C1NCc2c1c1c3cc(F)ccc3[nH]c1c1c2c2cc(F)ccc2n1C1CC(O)C[C@@H](CO)O1. The minimum absolute atomic E-state index is 0.242. The second-order valence-electron chi connectivity index (χ2n) is 9.38. The van der Waals surface area contributed by atoms with Gasteiger partial charge in [-0.2, -0.15) is 0 Å². The van der Waals surface area contributed by atoms with Crippen molar-refractivity contribution in [3.05, 3.63) is 59.2 Å². The summed E-state index contributed by atoms with van der Waals surface area (Å²) < 4.78 is 36.9. The molecule has 7 nitrogen and oxygen atoms in total. The van der Waals surface area contributed by atoms with Gasteiger partial charge in [-0.1, -0.05) is 0 Å². The summed E-state index contributed by atoms with van der Waals surface area (Å²) in [7, 11) is 0. The lowest BCUT2D eigenvalue weighted by atomic mass is 9.97. The highest BCUT2D eigenvalue weighted by Crippen LogP contribution is 2.46. The van der Waals surface area contributed by atoms with Gasteiger partial charge in [0.15, 0.2) is 0 Å². The Morgan fingerprint density at radius 2 is 1.83 bits per heavy atom. The van der Waals surface area contributed by atoms with E-state index < -0.39 is 30.1 Å². The molecular formula is C26H21F2N3O4. The van der Waals surface area contributed by atoms with Gasteiger partial charge in [-0.05, 0) is 42.0 Å². The Bertz CT molecular complexity index is 1710. The molecule has 7 rings (SSSR count). The minimum atomic E-state index is -0.691. The van der Waals surface area contributed by atoms with Crippen molar-refractivity contribution in [2.75, 3.05) is 6.61 Å². The van der Waals surface area contributed by atoms with E-state index in [1.54, 1.807) is 12.1 Å². The Kier molecular flexibility index (Phi) is 4.30. The lowest BCUT2D eigenvalue weighted by Crippen LogP contribution is -2.35. The van der Waals surface area contributed by atoms with Crippen LogP contribution in [-0.4, -0.2) is 44.5 Å². The number of ether oxygens (including phenoxy) is 1. The molecule has 5 aromatic rings. The van der Waals surface area contributed by atoms with Crippen molar-refractivity contribution in [2.45, 2.75) is 37.8 Å². The van der Waals surface area contributed by atoms with Gasteiger partial charge in [0.05, 0.1) is 40.9 Å². The molecule has 0 radical (unpaired) electrons. The third-order valence-electron chi connectivity index (χ3n) is 7.32. The average molecular weight is 477 g/mol. The Morgan fingerprint density at radius 3 is 2.63 bits per heavy atom. The predicted molar refractivity (Wildman–Crippen MR) is 126 cm³/mol. The Morgan fingerprint density at radius 1 is 1.06 bits per heavy atom. The lowest BCUT2D eigenvalue weighted by Gasteiger charge is -2.34. The first-order valence-corrected chi connectivity index (χ1v) is 11.6. The van der Waals surface area contributed by atoms with E-state index in [1.165, 1.54) is 24.3 Å². The summed E-state index contributed by atoms with van der Waals surface area (Å²) in [5, 5.41) is 25.7. The van der Waals surface area contributed by atoms with Crippen LogP contribution in [0.5, 0.6) is 0 Å². The van der Waals surface area contributed by atoms with E-state index in [0.717, 1.165) is 0 Å². The lowest BCUT2D eigenvalue weighted by molar-refractivity contribution is -0.138. The highest BCUT2D eigenvalue weighted by atomic mass is 19.1. The summed E-state index contributed by atoms with van der Waals surface area (Å²) in [6, 6.07) is 8.85. The summed E-state index contributed by atoms with van der Waals surface area (Å²) in [5.41, 5.74) is 3.80. The molecule has 1 amide bonds. The molecule has 1 fully saturated rings. The molecule has 35 heavy (non-hydrogen) atoms. The van der Waals surface area contributed by atoms with Crippen LogP contribution in [0.15, 0.2) is 36.4 Å². The number of H-pyrrole nitrogens is 1. The summed E-state index contributed by atoms with van der Waals surface area (Å²) >= 11 is 0. The van der Waals surface area contributed by atoms with E-state index in [-0.39, 0.29) is 25.5 Å². The third-order valence-corrected chi connectivity index (χ3v) is 7.32. The van der Waals surface area contributed by atoms with Gasteiger partial charge in [0.25, 0.3) is 5.91 Å². The summed E-state index contributed by atoms with van der Waals surface area (Å²) in [4.78, 5) is 16.4. The highest BCUT2D eigenvalue weighted by Gasteiger charge is 2.35. The van der Waals surface area contributed by atoms with E-state index in [2.05, 4.69) is 10.3 Å². The van der Waals surface area contributed by atoms with Crippen LogP contribution in [0.25, 0.3) is 43.6 Å². The van der Waals surface area contributed by atoms with Crippen LogP contribution in [0.1, 0.15) is 35.0 Å². The van der Waals surface area contributed by atoms with Gasteiger partial charge in [-0.25, -0.2) is 8.78 Å². The first-order valence-electron chi connectivity index (χ1n) is 11.6. The molecule has 4 N–H and O–H groups in total. The number of carbonyl (C=O) groups excluding carboxylic acids is 1.